The monoisotopic (exact) mass is 316 g/mol. The topological polar surface area (TPSA) is 89.1 Å². The van der Waals surface area contributed by atoms with E-state index in [1.807, 2.05) is 0 Å². The Labute approximate surface area is 127 Å². The summed E-state index contributed by atoms with van der Waals surface area (Å²) in [4.78, 5) is 11.6. The van der Waals surface area contributed by atoms with Crippen LogP contribution in [0.15, 0.2) is 12.1 Å². The van der Waals surface area contributed by atoms with Crippen LogP contribution in [0.1, 0.15) is 6.92 Å². The molecular weight excluding hydrogens is 300 g/mol. The van der Waals surface area contributed by atoms with E-state index in [0.29, 0.717) is 22.9 Å². The van der Waals surface area contributed by atoms with Gasteiger partial charge in [0.2, 0.25) is 6.79 Å². The lowest BCUT2D eigenvalue weighted by Crippen LogP contribution is -2.22. The summed E-state index contributed by atoms with van der Waals surface area (Å²) in [6.45, 7) is 2.35. The van der Waals surface area contributed by atoms with Crippen LogP contribution in [-0.4, -0.2) is 43.1 Å². The van der Waals surface area contributed by atoms with E-state index in [4.69, 9.17) is 25.8 Å². The van der Waals surface area contributed by atoms with Gasteiger partial charge in [0.15, 0.2) is 11.5 Å². The molecule has 1 aliphatic heterocycles. The molecule has 1 atom stereocenters. The number of fused-ring (bicyclic) bond motifs is 1. The lowest BCUT2D eigenvalue weighted by molar-refractivity contribution is 0.168. The van der Waals surface area contributed by atoms with E-state index in [-0.39, 0.29) is 25.8 Å². The maximum absolute atomic E-state index is 11.6. The zero-order valence-electron chi connectivity index (χ0n) is 11.5. The Morgan fingerprint density at radius 2 is 2.10 bits per heavy atom. The van der Waals surface area contributed by atoms with Crippen molar-refractivity contribution in [2.24, 2.45) is 0 Å². The van der Waals surface area contributed by atoms with Gasteiger partial charge >= 0.3 is 6.09 Å². The van der Waals surface area contributed by atoms with Crippen molar-refractivity contribution >= 4 is 29.1 Å². The fourth-order valence-corrected chi connectivity index (χ4v) is 1.86. The van der Waals surface area contributed by atoms with Crippen LogP contribution in [0.25, 0.3) is 0 Å². The van der Waals surface area contributed by atoms with Crippen LogP contribution >= 0.6 is 11.6 Å². The van der Waals surface area contributed by atoms with Crippen LogP contribution in [0.5, 0.6) is 11.5 Å². The van der Waals surface area contributed by atoms with Crippen molar-refractivity contribution in [1.29, 1.82) is 0 Å². The van der Waals surface area contributed by atoms with Gasteiger partial charge in [0.25, 0.3) is 0 Å². The van der Waals surface area contributed by atoms with Gasteiger partial charge in [0.05, 0.1) is 30.0 Å². The summed E-state index contributed by atoms with van der Waals surface area (Å²) in [6, 6.07) is 3.32. The number of amides is 1. The number of ether oxygens (including phenoxy) is 3. The number of hydrogen-bond donors (Lipinski definition) is 3. The standard InChI is InChI=1S/C13H17ClN2O5/c1-2-19-13(18)16-10-4-12-11(20-7-21-12)3-9(10)15-6-8(17)5-14/h3-4,8,15,17H,2,5-7H2,1H3,(H,16,18). The average molecular weight is 317 g/mol. The number of benzene rings is 1. The summed E-state index contributed by atoms with van der Waals surface area (Å²) in [5.74, 6) is 1.20. The fourth-order valence-electron chi connectivity index (χ4n) is 1.75. The molecule has 7 nitrogen and oxygen atoms in total. The molecule has 1 heterocycles. The highest BCUT2D eigenvalue weighted by atomic mass is 35.5. The summed E-state index contributed by atoms with van der Waals surface area (Å²) in [5, 5.41) is 15.1. The number of aliphatic hydroxyl groups is 1. The molecule has 2 rings (SSSR count). The van der Waals surface area contributed by atoms with E-state index < -0.39 is 12.2 Å². The van der Waals surface area contributed by atoms with E-state index in [1.54, 1.807) is 19.1 Å². The average Bonchev–Trinajstić information content (AvgIpc) is 2.91. The van der Waals surface area contributed by atoms with E-state index in [1.165, 1.54) is 0 Å². The molecule has 0 aromatic heterocycles. The van der Waals surface area contributed by atoms with Crippen molar-refractivity contribution in [1.82, 2.24) is 0 Å². The third-order valence-corrected chi connectivity index (χ3v) is 3.09. The van der Waals surface area contributed by atoms with Crippen LogP contribution < -0.4 is 20.1 Å². The number of alkyl halides is 1. The summed E-state index contributed by atoms with van der Waals surface area (Å²) in [6.07, 6.45) is -1.27. The van der Waals surface area contributed by atoms with Crippen LogP contribution in [0.2, 0.25) is 0 Å². The second kappa shape index (κ2) is 7.24. The molecule has 1 unspecified atom stereocenters. The zero-order chi connectivity index (χ0) is 15.2. The van der Waals surface area contributed by atoms with Crippen molar-refractivity contribution in [2.45, 2.75) is 13.0 Å². The Hall–Kier alpha value is -1.86. The van der Waals surface area contributed by atoms with Crippen LogP contribution in [0.3, 0.4) is 0 Å². The van der Waals surface area contributed by atoms with E-state index in [0.717, 1.165) is 0 Å². The minimum Gasteiger partial charge on any atom is -0.454 e. The summed E-state index contributed by atoms with van der Waals surface area (Å²) >= 11 is 5.55. The van der Waals surface area contributed by atoms with Crippen LogP contribution in [0.4, 0.5) is 16.2 Å². The first-order chi connectivity index (χ1) is 10.1. The lowest BCUT2D eigenvalue weighted by Gasteiger charge is -2.15. The molecule has 8 heteroatoms. The molecule has 1 aliphatic rings. The molecule has 3 N–H and O–H groups in total. The van der Waals surface area contributed by atoms with Crippen molar-refractivity contribution in [3.63, 3.8) is 0 Å². The minimum atomic E-state index is -0.701. The number of carbonyl (C=O) groups excluding carboxylic acids is 1. The molecule has 1 aromatic rings. The highest BCUT2D eigenvalue weighted by Crippen LogP contribution is 2.39. The highest BCUT2D eigenvalue weighted by Gasteiger charge is 2.19. The number of anilines is 2. The molecule has 0 aliphatic carbocycles. The summed E-state index contributed by atoms with van der Waals surface area (Å²) in [5.41, 5.74) is 1.05. The summed E-state index contributed by atoms with van der Waals surface area (Å²) in [7, 11) is 0. The Balaban J connectivity index is 2.17. The molecule has 1 amide bonds. The smallest absolute Gasteiger partial charge is 0.411 e. The second-order valence-corrected chi connectivity index (χ2v) is 4.59. The van der Waals surface area contributed by atoms with E-state index >= 15 is 0 Å². The molecule has 1 aromatic carbocycles. The lowest BCUT2D eigenvalue weighted by atomic mass is 10.2. The van der Waals surface area contributed by atoms with Crippen molar-refractivity contribution in [3.8, 4) is 11.5 Å². The number of carbonyl (C=O) groups is 1. The van der Waals surface area contributed by atoms with Gasteiger partial charge < -0.3 is 24.6 Å². The molecule has 0 spiro atoms. The fraction of sp³-hybridized carbons (Fsp3) is 0.462. The Kier molecular flexibility index (Phi) is 5.35. The van der Waals surface area contributed by atoms with Gasteiger partial charge in [-0.1, -0.05) is 0 Å². The molecule has 0 radical (unpaired) electrons. The Morgan fingerprint density at radius 1 is 1.43 bits per heavy atom. The molecule has 21 heavy (non-hydrogen) atoms. The molecule has 0 bridgehead atoms. The summed E-state index contributed by atoms with van der Waals surface area (Å²) < 4.78 is 15.4. The number of aliphatic hydroxyl groups excluding tert-OH is 1. The van der Waals surface area contributed by atoms with Gasteiger partial charge in [-0.2, -0.15) is 0 Å². The van der Waals surface area contributed by atoms with Gasteiger partial charge in [-0.15, -0.1) is 11.6 Å². The van der Waals surface area contributed by atoms with Crippen molar-refractivity contribution in [2.75, 3.05) is 36.5 Å². The minimum absolute atomic E-state index is 0.109. The predicted octanol–water partition coefficient (Wildman–Crippen LogP) is 2.00. The van der Waals surface area contributed by atoms with E-state index in [9.17, 15) is 9.90 Å². The van der Waals surface area contributed by atoms with Gasteiger partial charge in [0, 0.05) is 18.7 Å². The highest BCUT2D eigenvalue weighted by molar-refractivity contribution is 6.18. The maximum atomic E-state index is 11.6. The van der Waals surface area contributed by atoms with Crippen LogP contribution in [-0.2, 0) is 4.74 Å². The molecule has 0 fully saturated rings. The van der Waals surface area contributed by atoms with Gasteiger partial charge in [-0.25, -0.2) is 4.79 Å². The molecule has 0 saturated heterocycles. The second-order valence-electron chi connectivity index (χ2n) is 4.29. The third-order valence-electron chi connectivity index (χ3n) is 2.73. The van der Waals surface area contributed by atoms with Gasteiger partial charge in [0.1, 0.15) is 0 Å². The Morgan fingerprint density at radius 3 is 2.71 bits per heavy atom. The third kappa shape index (κ3) is 4.05. The van der Waals surface area contributed by atoms with Gasteiger partial charge in [-0.3, -0.25) is 5.32 Å². The molecular formula is C13H17ClN2O5. The number of nitrogens with one attached hydrogen (secondary N) is 2. The molecule has 0 saturated carbocycles. The zero-order valence-corrected chi connectivity index (χ0v) is 12.3. The van der Waals surface area contributed by atoms with Gasteiger partial charge in [-0.05, 0) is 6.92 Å². The number of rotatable bonds is 6. The predicted molar refractivity (Wildman–Crippen MR) is 78.4 cm³/mol. The maximum Gasteiger partial charge on any atom is 0.411 e. The number of hydrogen-bond acceptors (Lipinski definition) is 6. The van der Waals surface area contributed by atoms with Crippen LogP contribution in [0, 0.1) is 0 Å². The number of halogens is 1. The first-order valence-corrected chi connectivity index (χ1v) is 7.02. The molecule has 116 valence electrons. The van der Waals surface area contributed by atoms with Crippen molar-refractivity contribution < 1.29 is 24.1 Å². The van der Waals surface area contributed by atoms with Crippen molar-refractivity contribution in [3.05, 3.63) is 12.1 Å². The normalized spacial score (nSPS) is 13.7. The SMILES string of the molecule is CCOC(=O)Nc1cc2c(cc1NCC(O)CCl)OCO2. The van der Waals surface area contributed by atoms with E-state index in [2.05, 4.69) is 10.6 Å². The first kappa shape index (κ1) is 15.5. The first-order valence-electron chi connectivity index (χ1n) is 6.49. The quantitative estimate of drug-likeness (QED) is 0.696. The Bertz CT molecular complexity index is 512. The largest absolute Gasteiger partial charge is 0.454 e.